The van der Waals surface area contributed by atoms with Gasteiger partial charge in [-0.1, -0.05) is 6.92 Å². The van der Waals surface area contributed by atoms with Crippen molar-refractivity contribution in [3.05, 3.63) is 11.1 Å². The summed E-state index contributed by atoms with van der Waals surface area (Å²) in [5.41, 5.74) is 1.23. The highest BCUT2D eigenvalue weighted by Gasteiger charge is 2.04. The van der Waals surface area contributed by atoms with Crippen molar-refractivity contribution in [1.82, 2.24) is 0 Å². The van der Waals surface area contributed by atoms with Gasteiger partial charge in [0.25, 0.3) is 0 Å². The highest BCUT2D eigenvalue weighted by Crippen LogP contribution is 2.21. The van der Waals surface area contributed by atoms with Gasteiger partial charge in [-0.25, -0.2) is 4.99 Å². The molecule has 0 bridgehead atoms. The van der Waals surface area contributed by atoms with E-state index in [1.54, 1.807) is 11.8 Å². The van der Waals surface area contributed by atoms with Gasteiger partial charge in [-0.2, -0.15) is 0 Å². The van der Waals surface area contributed by atoms with Gasteiger partial charge in [0.2, 0.25) is 0 Å². The van der Waals surface area contributed by atoms with Gasteiger partial charge in [-0.05, 0) is 18.8 Å². The van der Waals surface area contributed by atoms with Gasteiger partial charge in [-0.3, -0.25) is 0 Å². The zero-order chi connectivity index (χ0) is 5.98. The van der Waals surface area contributed by atoms with Crippen LogP contribution in [0, 0.1) is 0 Å². The van der Waals surface area contributed by atoms with Crippen LogP contribution in [0.25, 0.3) is 0 Å². The van der Waals surface area contributed by atoms with E-state index in [2.05, 4.69) is 18.0 Å². The van der Waals surface area contributed by atoms with Crippen molar-refractivity contribution in [2.45, 2.75) is 13.3 Å². The molecule has 0 saturated heterocycles. The molecule has 0 aromatic rings. The van der Waals surface area contributed by atoms with Gasteiger partial charge in [0.1, 0.15) is 0 Å². The van der Waals surface area contributed by atoms with Crippen LogP contribution in [0.2, 0.25) is 0 Å². The molecule has 1 nitrogen and oxygen atoms in total. The van der Waals surface area contributed by atoms with E-state index < -0.39 is 0 Å². The lowest BCUT2D eigenvalue weighted by molar-refractivity contribution is 1.24. The molecule has 0 radical (unpaired) electrons. The van der Waals surface area contributed by atoms with Crippen molar-refractivity contribution in [2.75, 3.05) is 6.26 Å². The van der Waals surface area contributed by atoms with Gasteiger partial charge in [0, 0.05) is 5.71 Å². The highest BCUT2D eigenvalue weighted by atomic mass is 32.2. The molecule has 0 atom stereocenters. The molecule has 0 unspecified atom stereocenters. The first-order valence-corrected chi connectivity index (χ1v) is 3.92. The molecule has 0 fully saturated rings. The zero-order valence-corrected chi connectivity index (χ0v) is 5.96. The van der Waals surface area contributed by atoms with Gasteiger partial charge in [0.05, 0.1) is 5.03 Å². The Morgan fingerprint density at radius 1 is 1.75 bits per heavy atom. The normalized spacial score (nSPS) is 16.8. The molecule has 1 aliphatic heterocycles. The Bertz CT molecular complexity index is 123. The SMILES string of the molecule is CCC1=NC(SC)=C1. The number of allylic oxidation sites excluding steroid dienone is 1. The van der Waals surface area contributed by atoms with Gasteiger partial charge < -0.3 is 0 Å². The average Bonchev–Trinajstić information content (AvgIpc) is 1.65. The number of nitrogens with zero attached hydrogens (tertiary/aromatic N) is 1. The fourth-order valence-corrected chi connectivity index (χ4v) is 1.03. The number of thioether (sulfide) groups is 1. The van der Waals surface area contributed by atoms with Gasteiger partial charge in [0.15, 0.2) is 0 Å². The molecule has 0 amide bonds. The topological polar surface area (TPSA) is 12.4 Å². The van der Waals surface area contributed by atoms with E-state index >= 15 is 0 Å². The molecular formula is C6H9NS. The fraction of sp³-hybridized carbons (Fsp3) is 0.500. The minimum absolute atomic E-state index is 1.07. The third-order valence-corrected chi connectivity index (χ3v) is 1.74. The van der Waals surface area contributed by atoms with Crippen LogP contribution < -0.4 is 0 Å². The molecule has 1 aliphatic rings. The maximum atomic E-state index is 4.20. The third-order valence-electron chi connectivity index (χ3n) is 1.12. The quantitative estimate of drug-likeness (QED) is 0.553. The van der Waals surface area contributed by atoms with E-state index in [0.29, 0.717) is 0 Å². The number of hydrogen-bond donors (Lipinski definition) is 0. The molecule has 0 saturated carbocycles. The van der Waals surface area contributed by atoms with Crippen molar-refractivity contribution in [3.8, 4) is 0 Å². The second kappa shape index (κ2) is 2.35. The monoisotopic (exact) mass is 127 g/mol. The molecule has 0 aromatic carbocycles. The maximum absolute atomic E-state index is 4.20. The van der Waals surface area contributed by atoms with Crippen LogP contribution in [0.3, 0.4) is 0 Å². The Balaban J connectivity index is 2.34. The van der Waals surface area contributed by atoms with Crippen LogP contribution in [-0.2, 0) is 0 Å². The smallest absolute Gasteiger partial charge is 0.0978 e. The molecule has 0 aliphatic carbocycles. The Labute approximate surface area is 53.9 Å². The van der Waals surface area contributed by atoms with E-state index in [9.17, 15) is 0 Å². The maximum Gasteiger partial charge on any atom is 0.0978 e. The lowest BCUT2D eigenvalue weighted by Crippen LogP contribution is -2.00. The first kappa shape index (κ1) is 5.89. The van der Waals surface area contributed by atoms with E-state index in [1.165, 1.54) is 10.7 Å². The Morgan fingerprint density at radius 3 is 2.75 bits per heavy atom. The minimum Gasteiger partial charge on any atom is -0.246 e. The standard InChI is InChI=1S/C6H9NS/c1-3-5-4-6(7-5)8-2/h4H,3H2,1-2H3. The number of hydrogen-bond acceptors (Lipinski definition) is 2. The zero-order valence-electron chi connectivity index (χ0n) is 5.14. The van der Waals surface area contributed by atoms with Crippen LogP contribution in [0.4, 0.5) is 0 Å². The van der Waals surface area contributed by atoms with E-state index in [0.717, 1.165) is 6.42 Å². The summed E-state index contributed by atoms with van der Waals surface area (Å²) >= 11 is 1.70. The lowest BCUT2D eigenvalue weighted by Gasteiger charge is -2.08. The van der Waals surface area contributed by atoms with Crippen molar-refractivity contribution >= 4 is 17.5 Å². The van der Waals surface area contributed by atoms with E-state index in [-0.39, 0.29) is 0 Å². The summed E-state index contributed by atoms with van der Waals surface area (Å²) < 4.78 is 0. The predicted molar refractivity (Wildman–Crippen MR) is 39.3 cm³/mol. The van der Waals surface area contributed by atoms with E-state index in [4.69, 9.17) is 0 Å². The molecule has 44 valence electrons. The molecule has 1 heterocycles. The molecule has 0 spiro atoms. The largest absolute Gasteiger partial charge is 0.246 e. The summed E-state index contributed by atoms with van der Waals surface area (Å²) in [6.45, 7) is 2.12. The summed E-state index contributed by atoms with van der Waals surface area (Å²) in [7, 11) is 0. The fourth-order valence-electron chi connectivity index (χ4n) is 0.568. The highest BCUT2D eigenvalue weighted by molar-refractivity contribution is 8.02. The third kappa shape index (κ3) is 0.944. The van der Waals surface area contributed by atoms with Crippen LogP contribution in [0.1, 0.15) is 13.3 Å². The minimum atomic E-state index is 1.07. The van der Waals surface area contributed by atoms with Crippen LogP contribution in [0.15, 0.2) is 16.1 Å². The van der Waals surface area contributed by atoms with Gasteiger partial charge >= 0.3 is 0 Å². The van der Waals surface area contributed by atoms with Crippen molar-refractivity contribution < 1.29 is 0 Å². The first-order valence-electron chi connectivity index (χ1n) is 2.70. The second-order valence-corrected chi connectivity index (χ2v) is 2.47. The molecule has 0 N–H and O–H groups in total. The summed E-state index contributed by atoms with van der Waals surface area (Å²) in [6.07, 6.45) is 5.25. The van der Waals surface area contributed by atoms with Crippen molar-refractivity contribution in [3.63, 3.8) is 0 Å². The lowest BCUT2D eigenvalue weighted by atomic mass is 10.2. The van der Waals surface area contributed by atoms with Crippen molar-refractivity contribution in [2.24, 2.45) is 4.99 Å². The molecule has 0 aromatic heterocycles. The molecule has 8 heavy (non-hydrogen) atoms. The summed E-state index contributed by atoms with van der Waals surface area (Å²) in [4.78, 5) is 4.20. The Morgan fingerprint density at radius 2 is 2.38 bits per heavy atom. The number of aliphatic imine (C=N–C) groups is 1. The Kier molecular flexibility index (Phi) is 1.73. The van der Waals surface area contributed by atoms with Gasteiger partial charge in [-0.15, -0.1) is 11.8 Å². The van der Waals surface area contributed by atoms with Crippen LogP contribution in [-0.4, -0.2) is 12.0 Å². The number of rotatable bonds is 2. The predicted octanol–water partition coefficient (Wildman–Crippen LogP) is 2.06. The van der Waals surface area contributed by atoms with E-state index in [1.807, 2.05) is 6.26 Å². The molecule has 2 heteroatoms. The van der Waals surface area contributed by atoms with Crippen LogP contribution in [0.5, 0.6) is 0 Å². The second-order valence-electron chi connectivity index (χ2n) is 1.64. The average molecular weight is 127 g/mol. The Hall–Kier alpha value is -0.240. The van der Waals surface area contributed by atoms with Crippen molar-refractivity contribution in [1.29, 1.82) is 0 Å². The summed E-state index contributed by atoms with van der Waals surface area (Å²) in [5.74, 6) is 0. The van der Waals surface area contributed by atoms with Crippen LogP contribution >= 0.6 is 11.8 Å². The molecule has 1 rings (SSSR count). The summed E-state index contributed by atoms with van der Waals surface area (Å²) in [6, 6.07) is 0. The molecular weight excluding hydrogens is 118 g/mol. The first-order chi connectivity index (χ1) is 3.86. The summed E-state index contributed by atoms with van der Waals surface area (Å²) in [5, 5.41) is 1.17.